The van der Waals surface area contributed by atoms with Crippen LogP contribution < -0.4 is 10.2 Å². The van der Waals surface area contributed by atoms with Gasteiger partial charge in [0.2, 0.25) is 0 Å². The largest absolute Gasteiger partial charge is 0.466 e. The monoisotopic (exact) mass is 372 g/mol. The molecular weight excluding hydrogens is 356 g/mol. The SMILES string of the molecule is COC(=O)C1=C(C)N(c2ccc(Cl)cc2)C(=S)N[C@H]1c1ccccc1. The smallest absolute Gasteiger partial charge is 0.337 e. The summed E-state index contributed by atoms with van der Waals surface area (Å²) >= 11 is 11.5. The zero-order chi connectivity index (χ0) is 18.0. The van der Waals surface area contributed by atoms with Gasteiger partial charge in [0, 0.05) is 16.4 Å². The Hall–Kier alpha value is -2.37. The van der Waals surface area contributed by atoms with Gasteiger partial charge < -0.3 is 10.1 Å². The number of hydrogen-bond donors (Lipinski definition) is 1. The van der Waals surface area contributed by atoms with E-state index >= 15 is 0 Å². The first-order valence-electron chi connectivity index (χ1n) is 7.73. The van der Waals surface area contributed by atoms with E-state index in [0.29, 0.717) is 15.7 Å². The molecule has 4 nitrogen and oxygen atoms in total. The first-order chi connectivity index (χ1) is 12.0. The Labute approximate surface area is 157 Å². The molecule has 0 saturated carbocycles. The predicted octanol–water partition coefficient (Wildman–Crippen LogP) is 4.22. The summed E-state index contributed by atoms with van der Waals surface area (Å²) in [6.45, 7) is 1.87. The van der Waals surface area contributed by atoms with Gasteiger partial charge in [0.15, 0.2) is 5.11 Å². The van der Waals surface area contributed by atoms with E-state index in [2.05, 4.69) is 5.32 Å². The van der Waals surface area contributed by atoms with Crippen LogP contribution in [0, 0.1) is 0 Å². The van der Waals surface area contributed by atoms with Crippen molar-refractivity contribution in [1.82, 2.24) is 5.32 Å². The first kappa shape index (κ1) is 17.5. The number of carbonyl (C=O) groups excluding carboxylic acids is 1. The minimum atomic E-state index is -0.389. The van der Waals surface area contributed by atoms with Gasteiger partial charge in [-0.3, -0.25) is 4.90 Å². The van der Waals surface area contributed by atoms with Crippen molar-refractivity contribution in [3.8, 4) is 0 Å². The van der Waals surface area contributed by atoms with Crippen molar-refractivity contribution in [2.45, 2.75) is 13.0 Å². The van der Waals surface area contributed by atoms with Crippen LogP contribution in [0.15, 0.2) is 65.9 Å². The number of nitrogens with zero attached hydrogens (tertiary/aromatic N) is 1. The van der Waals surface area contributed by atoms with Crippen molar-refractivity contribution in [3.63, 3.8) is 0 Å². The lowest BCUT2D eigenvalue weighted by molar-refractivity contribution is -0.136. The third-order valence-electron chi connectivity index (χ3n) is 4.11. The van der Waals surface area contributed by atoms with Crippen LogP contribution >= 0.6 is 23.8 Å². The Morgan fingerprint density at radius 2 is 1.80 bits per heavy atom. The van der Waals surface area contributed by atoms with Crippen LogP contribution in [-0.2, 0) is 9.53 Å². The lowest BCUT2D eigenvalue weighted by Crippen LogP contribution is -2.48. The lowest BCUT2D eigenvalue weighted by atomic mass is 9.95. The van der Waals surface area contributed by atoms with Gasteiger partial charge in [-0.15, -0.1) is 0 Å². The van der Waals surface area contributed by atoms with Crippen molar-refractivity contribution in [1.29, 1.82) is 0 Å². The second-order valence-electron chi connectivity index (χ2n) is 5.60. The standard InChI is InChI=1S/C19H17ClN2O2S/c1-12-16(18(23)24-2)17(13-6-4-3-5-7-13)21-19(25)22(12)15-10-8-14(20)9-11-15/h3-11,17H,1-2H3,(H,21,25)/t17-/m0/s1. The van der Waals surface area contributed by atoms with Crippen molar-refractivity contribution in [2.75, 3.05) is 12.0 Å². The van der Waals surface area contributed by atoms with Gasteiger partial charge in [-0.25, -0.2) is 4.79 Å². The van der Waals surface area contributed by atoms with Gasteiger partial charge in [-0.05, 0) is 49.0 Å². The molecule has 0 amide bonds. The average Bonchev–Trinajstić information content (AvgIpc) is 2.63. The summed E-state index contributed by atoms with van der Waals surface area (Å²) < 4.78 is 5.02. The molecule has 2 aromatic carbocycles. The highest BCUT2D eigenvalue weighted by atomic mass is 35.5. The summed E-state index contributed by atoms with van der Waals surface area (Å²) in [5.41, 5.74) is 3.02. The molecule has 1 atom stereocenters. The molecule has 0 spiro atoms. The fraction of sp³-hybridized carbons (Fsp3) is 0.158. The number of allylic oxidation sites excluding steroid dienone is 1. The van der Waals surface area contributed by atoms with E-state index < -0.39 is 0 Å². The van der Waals surface area contributed by atoms with Crippen molar-refractivity contribution >= 4 is 40.6 Å². The van der Waals surface area contributed by atoms with Gasteiger partial charge in [0.25, 0.3) is 0 Å². The minimum Gasteiger partial charge on any atom is -0.466 e. The highest BCUT2D eigenvalue weighted by molar-refractivity contribution is 7.80. The van der Waals surface area contributed by atoms with Gasteiger partial charge >= 0.3 is 5.97 Å². The summed E-state index contributed by atoms with van der Waals surface area (Å²) in [5, 5.41) is 4.41. The maximum atomic E-state index is 12.5. The third kappa shape index (κ3) is 3.38. The van der Waals surface area contributed by atoms with Crippen LogP contribution in [0.5, 0.6) is 0 Å². The van der Waals surface area contributed by atoms with E-state index in [9.17, 15) is 4.79 Å². The summed E-state index contributed by atoms with van der Waals surface area (Å²) in [6, 6.07) is 16.6. The number of esters is 1. The van der Waals surface area contributed by atoms with Crippen molar-refractivity contribution < 1.29 is 9.53 Å². The van der Waals surface area contributed by atoms with Crippen LogP contribution in [0.3, 0.4) is 0 Å². The van der Waals surface area contributed by atoms with Gasteiger partial charge in [0.05, 0.1) is 18.7 Å². The Balaban J connectivity index is 2.12. The summed E-state index contributed by atoms with van der Waals surface area (Å²) in [4.78, 5) is 14.3. The molecular formula is C19H17ClN2O2S. The molecule has 6 heteroatoms. The van der Waals surface area contributed by atoms with Crippen LogP contribution in [-0.4, -0.2) is 18.2 Å². The first-order valence-corrected chi connectivity index (χ1v) is 8.51. The normalized spacial score (nSPS) is 17.3. The summed E-state index contributed by atoms with van der Waals surface area (Å²) in [6.07, 6.45) is 0. The van der Waals surface area contributed by atoms with E-state index in [4.69, 9.17) is 28.6 Å². The summed E-state index contributed by atoms with van der Waals surface area (Å²) in [7, 11) is 1.38. The number of rotatable bonds is 3. The van der Waals surface area contributed by atoms with E-state index in [1.807, 2.05) is 54.3 Å². The number of thiocarbonyl (C=S) groups is 1. The topological polar surface area (TPSA) is 41.6 Å². The fourth-order valence-corrected chi connectivity index (χ4v) is 3.40. The number of carbonyl (C=O) groups is 1. The number of methoxy groups -OCH3 is 1. The molecule has 0 fully saturated rings. The second-order valence-corrected chi connectivity index (χ2v) is 6.42. The molecule has 1 heterocycles. The average molecular weight is 373 g/mol. The van der Waals surface area contributed by atoms with E-state index in [1.165, 1.54) is 7.11 Å². The molecule has 0 saturated heterocycles. The number of anilines is 1. The number of nitrogens with one attached hydrogen (secondary N) is 1. The van der Waals surface area contributed by atoms with Gasteiger partial charge in [0.1, 0.15) is 0 Å². The third-order valence-corrected chi connectivity index (χ3v) is 4.66. The fourth-order valence-electron chi connectivity index (χ4n) is 2.91. The molecule has 1 aliphatic rings. The molecule has 0 aromatic heterocycles. The molecule has 1 aliphatic heterocycles. The quantitative estimate of drug-likeness (QED) is 0.645. The number of halogens is 1. The van der Waals surface area contributed by atoms with Gasteiger partial charge in [-0.2, -0.15) is 0 Å². The molecule has 0 unspecified atom stereocenters. The maximum Gasteiger partial charge on any atom is 0.337 e. The molecule has 3 rings (SSSR count). The summed E-state index contributed by atoms with van der Waals surface area (Å²) in [5.74, 6) is -0.389. The highest BCUT2D eigenvalue weighted by Gasteiger charge is 2.35. The molecule has 128 valence electrons. The molecule has 0 radical (unpaired) electrons. The molecule has 0 bridgehead atoms. The highest BCUT2D eigenvalue weighted by Crippen LogP contribution is 2.34. The van der Waals surface area contributed by atoms with Crippen LogP contribution in [0.1, 0.15) is 18.5 Å². The van der Waals surface area contributed by atoms with Crippen LogP contribution in [0.4, 0.5) is 5.69 Å². The molecule has 1 N–H and O–H groups in total. The number of hydrogen-bond acceptors (Lipinski definition) is 3. The Morgan fingerprint density at radius 3 is 2.40 bits per heavy atom. The van der Waals surface area contributed by atoms with E-state index in [-0.39, 0.29) is 12.0 Å². The maximum absolute atomic E-state index is 12.5. The van der Waals surface area contributed by atoms with Gasteiger partial charge in [-0.1, -0.05) is 41.9 Å². The van der Waals surface area contributed by atoms with E-state index in [0.717, 1.165) is 16.9 Å². The van der Waals surface area contributed by atoms with Crippen molar-refractivity contribution in [2.24, 2.45) is 0 Å². The number of ether oxygens (including phenoxy) is 1. The number of benzene rings is 2. The van der Waals surface area contributed by atoms with E-state index in [1.54, 1.807) is 12.1 Å². The lowest BCUT2D eigenvalue weighted by Gasteiger charge is -2.37. The Kier molecular flexibility index (Phi) is 5.06. The predicted molar refractivity (Wildman–Crippen MR) is 104 cm³/mol. The zero-order valence-electron chi connectivity index (χ0n) is 13.8. The zero-order valence-corrected chi connectivity index (χ0v) is 15.4. The Bertz CT molecular complexity index is 834. The molecule has 2 aromatic rings. The minimum absolute atomic E-state index is 0.357. The van der Waals surface area contributed by atoms with Crippen LogP contribution in [0.2, 0.25) is 5.02 Å². The molecule has 25 heavy (non-hydrogen) atoms. The second kappa shape index (κ2) is 7.25. The van der Waals surface area contributed by atoms with Crippen LogP contribution in [0.25, 0.3) is 0 Å². The van der Waals surface area contributed by atoms with Crippen molar-refractivity contribution in [3.05, 3.63) is 76.5 Å². The molecule has 0 aliphatic carbocycles. The Morgan fingerprint density at radius 1 is 1.16 bits per heavy atom.